The lowest BCUT2D eigenvalue weighted by molar-refractivity contribution is 0.858. The lowest BCUT2D eigenvalue weighted by atomic mass is 10.1. The third-order valence-corrected chi connectivity index (χ3v) is 4.23. The first-order chi connectivity index (χ1) is 10.2. The quantitative estimate of drug-likeness (QED) is 0.451. The molecule has 0 aromatic heterocycles. The van der Waals surface area contributed by atoms with Crippen LogP contribution < -0.4 is 5.32 Å². The Kier molecular flexibility index (Phi) is 6.30. The van der Waals surface area contributed by atoms with Crippen LogP contribution in [-0.2, 0) is 6.54 Å². The molecule has 0 spiro atoms. The molecule has 0 aliphatic heterocycles. The Morgan fingerprint density at radius 2 is 1.81 bits per heavy atom. The van der Waals surface area contributed by atoms with E-state index in [0.717, 1.165) is 27.0 Å². The van der Waals surface area contributed by atoms with Crippen LogP contribution in [0.15, 0.2) is 65.7 Å². The molecule has 0 atom stereocenters. The highest BCUT2D eigenvalue weighted by molar-refractivity contribution is 8.02. The molecular formula is C17H16ClNS2. The van der Waals surface area contributed by atoms with Gasteiger partial charge in [-0.15, -0.1) is 11.8 Å². The van der Waals surface area contributed by atoms with Crippen molar-refractivity contribution in [3.63, 3.8) is 0 Å². The van der Waals surface area contributed by atoms with E-state index in [9.17, 15) is 0 Å². The molecule has 4 heteroatoms. The molecule has 2 aromatic rings. The number of nitrogens with one attached hydrogen (secondary N) is 1. The summed E-state index contributed by atoms with van der Waals surface area (Å²) in [4.78, 5) is 0.837. The van der Waals surface area contributed by atoms with Crippen LogP contribution in [0.1, 0.15) is 11.1 Å². The van der Waals surface area contributed by atoms with Crippen LogP contribution in [-0.4, -0.2) is 11.1 Å². The van der Waals surface area contributed by atoms with Gasteiger partial charge in [-0.2, -0.15) is 0 Å². The van der Waals surface area contributed by atoms with Gasteiger partial charge in [0.05, 0.1) is 5.03 Å². The van der Waals surface area contributed by atoms with Crippen LogP contribution in [0.5, 0.6) is 0 Å². The highest BCUT2D eigenvalue weighted by Crippen LogP contribution is 2.14. The van der Waals surface area contributed by atoms with Crippen molar-refractivity contribution in [2.45, 2.75) is 6.54 Å². The summed E-state index contributed by atoms with van der Waals surface area (Å²) < 4.78 is 0. The largest absolute Gasteiger partial charge is 0.376 e. The van der Waals surface area contributed by atoms with Crippen molar-refractivity contribution in [2.75, 3.05) is 6.26 Å². The van der Waals surface area contributed by atoms with Gasteiger partial charge in [-0.25, -0.2) is 0 Å². The van der Waals surface area contributed by atoms with Gasteiger partial charge in [0.15, 0.2) is 0 Å². The normalized spacial score (nSPS) is 11.2. The van der Waals surface area contributed by atoms with Crippen LogP contribution in [0.2, 0.25) is 5.02 Å². The molecule has 0 saturated heterocycles. The minimum Gasteiger partial charge on any atom is -0.376 e. The van der Waals surface area contributed by atoms with Gasteiger partial charge in [-0.3, -0.25) is 0 Å². The Hall–Kier alpha value is -1.29. The van der Waals surface area contributed by atoms with Crippen molar-refractivity contribution in [1.29, 1.82) is 0 Å². The Balaban J connectivity index is 2.00. The molecule has 1 nitrogen and oxygen atoms in total. The molecule has 1 N–H and O–H groups in total. The molecule has 0 aliphatic carbocycles. The Morgan fingerprint density at radius 1 is 1.14 bits per heavy atom. The molecule has 0 fully saturated rings. The fraction of sp³-hybridized carbons (Fsp3) is 0.118. The first-order valence-electron chi connectivity index (χ1n) is 6.52. The van der Waals surface area contributed by atoms with Crippen molar-refractivity contribution in [3.05, 3.63) is 81.9 Å². The van der Waals surface area contributed by atoms with Crippen molar-refractivity contribution < 1.29 is 0 Å². The molecule has 0 radical (unpaired) electrons. The Bertz CT molecular complexity index is 621. The summed E-state index contributed by atoms with van der Waals surface area (Å²) >= 11 is 13.0. The van der Waals surface area contributed by atoms with Gasteiger partial charge in [0.25, 0.3) is 0 Å². The first-order valence-corrected chi connectivity index (χ1v) is 8.53. The zero-order chi connectivity index (χ0) is 15.1. The topological polar surface area (TPSA) is 12.0 Å². The van der Waals surface area contributed by atoms with Crippen molar-refractivity contribution in [3.8, 4) is 0 Å². The summed E-state index contributed by atoms with van der Waals surface area (Å²) in [7, 11) is 0. The second-order valence-corrected chi connectivity index (χ2v) is 6.15. The fourth-order valence-corrected chi connectivity index (χ4v) is 2.69. The zero-order valence-corrected chi connectivity index (χ0v) is 14.1. The molecular weight excluding hydrogens is 318 g/mol. The number of thioether (sulfide) groups is 1. The number of rotatable bonds is 6. The third kappa shape index (κ3) is 5.20. The summed E-state index contributed by atoms with van der Waals surface area (Å²) in [6.07, 6.45) is 4.04. The van der Waals surface area contributed by atoms with E-state index < -0.39 is 0 Å². The maximum Gasteiger partial charge on any atom is 0.0696 e. The van der Waals surface area contributed by atoms with Crippen LogP contribution in [0.25, 0.3) is 0 Å². The molecule has 0 amide bonds. The standard InChI is InChI=1S/C17H16ClNS2/c1-21-17(11-16(20)14-5-3-2-4-6-14)19-12-13-7-9-15(18)10-8-13/h2-11,19H,12H2,1H3/b17-11+. The minimum atomic E-state index is 0.751. The summed E-state index contributed by atoms with van der Waals surface area (Å²) in [5.74, 6) is 0. The van der Waals surface area contributed by atoms with Gasteiger partial charge < -0.3 is 5.32 Å². The lowest BCUT2D eigenvalue weighted by Crippen LogP contribution is -2.11. The van der Waals surface area contributed by atoms with Crippen LogP contribution >= 0.6 is 35.6 Å². The lowest BCUT2D eigenvalue weighted by Gasteiger charge is -2.09. The molecule has 21 heavy (non-hydrogen) atoms. The second-order valence-electron chi connectivity index (χ2n) is 4.42. The van der Waals surface area contributed by atoms with Crippen LogP contribution in [0.4, 0.5) is 0 Å². The summed E-state index contributed by atoms with van der Waals surface area (Å²) in [5, 5.41) is 5.21. The monoisotopic (exact) mass is 333 g/mol. The van der Waals surface area contributed by atoms with Gasteiger partial charge in [0.2, 0.25) is 0 Å². The third-order valence-electron chi connectivity index (χ3n) is 2.92. The smallest absolute Gasteiger partial charge is 0.0696 e. The summed E-state index contributed by atoms with van der Waals surface area (Å²) in [6, 6.07) is 17.9. The van der Waals surface area contributed by atoms with Crippen molar-refractivity contribution in [1.82, 2.24) is 5.32 Å². The highest BCUT2D eigenvalue weighted by Gasteiger charge is 2.01. The van der Waals surface area contributed by atoms with Gasteiger partial charge in [0, 0.05) is 16.4 Å². The van der Waals surface area contributed by atoms with Crippen LogP contribution in [0, 0.1) is 0 Å². The van der Waals surface area contributed by atoms with Crippen molar-refractivity contribution in [2.24, 2.45) is 0 Å². The molecule has 2 aromatic carbocycles. The average Bonchev–Trinajstić information content (AvgIpc) is 2.53. The van der Waals surface area contributed by atoms with E-state index in [1.54, 1.807) is 11.8 Å². The van der Waals surface area contributed by atoms with Gasteiger partial charge >= 0.3 is 0 Å². The SMILES string of the molecule is CS/C(=C/C(=S)c1ccccc1)NCc1ccc(Cl)cc1. The maximum absolute atomic E-state index is 5.89. The number of benzene rings is 2. The number of hydrogen-bond acceptors (Lipinski definition) is 3. The number of thiocarbonyl (C=S) groups is 1. The van der Waals surface area contributed by atoms with Gasteiger partial charge in [-0.05, 0) is 35.6 Å². The Morgan fingerprint density at radius 3 is 2.43 bits per heavy atom. The van der Waals surface area contributed by atoms with E-state index in [1.165, 1.54) is 5.56 Å². The van der Waals surface area contributed by atoms with E-state index in [0.29, 0.717) is 0 Å². The highest BCUT2D eigenvalue weighted by atomic mass is 35.5. The van der Waals surface area contributed by atoms with E-state index in [2.05, 4.69) is 5.32 Å². The summed E-state index contributed by atoms with van der Waals surface area (Å²) in [5.41, 5.74) is 2.25. The van der Waals surface area contributed by atoms with E-state index in [-0.39, 0.29) is 0 Å². The number of allylic oxidation sites excluding steroid dienone is 1. The first kappa shape index (κ1) is 16.1. The number of halogens is 1. The van der Waals surface area contributed by atoms with Gasteiger partial charge in [0.1, 0.15) is 0 Å². The van der Waals surface area contributed by atoms with E-state index >= 15 is 0 Å². The molecule has 0 heterocycles. The van der Waals surface area contributed by atoms with Crippen molar-refractivity contribution >= 4 is 40.4 Å². The maximum atomic E-state index is 5.89. The predicted molar refractivity (Wildman–Crippen MR) is 98.0 cm³/mol. The van der Waals surface area contributed by atoms with E-state index in [1.807, 2.05) is 66.9 Å². The summed E-state index contributed by atoms with van der Waals surface area (Å²) in [6.45, 7) is 0.751. The van der Waals surface area contributed by atoms with Crippen LogP contribution in [0.3, 0.4) is 0 Å². The predicted octanol–water partition coefficient (Wildman–Crippen LogP) is 5.05. The molecule has 108 valence electrons. The van der Waals surface area contributed by atoms with E-state index in [4.69, 9.17) is 23.8 Å². The number of hydrogen-bond donors (Lipinski definition) is 1. The molecule has 0 bridgehead atoms. The zero-order valence-electron chi connectivity index (χ0n) is 11.7. The molecule has 2 rings (SSSR count). The van der Waals surface area contributed by atoms with Gasteiger partial charge in [-0.1, -0.05) is 66.3 Å². The fourth-order valence-electron chi connectivity index (χ4n) is 1.78. The Labute approximate surface area is 140 Å². The average molecular weight is 334 g/mol. The molecule has 0 saturated carbocycles. The minimum absolute atomic E-state index is 0.751. The second kappa shape index (κ2) is 8.23. The molecule has 0 aliphatic rings. The molecule has 0 unspecified atom stereocenters.